The fraction of sp³-hybridized carbons (Fsp3) is 0.538. The summed E-state index contributed by atoms with van der Waals surface area (Å²) in [5.74, 6) is -0.130. The molecule has 0 bridgehead atoms. The van der Waals surface area contributed by atoms with Gasteiger partial charge in [0, 0.05) is 11.6 Å². The van der Waals surface area contributed by atoms with E-state index in [0.29, 0.717) is 5.56 Å². The van der Waals surface area contributed by atoms with Crippen LogP contribution in [-0.2, 0) is 0 Å². The minimum Gasteiger partial charge on any atom is -0.306 e. The van der Waals surface area contributed by atoms with E-state index < -0.39 is 0 Å². The quantitative estimate of drug-likeness (QED) is 0.785. The molecule has 84 valence electrons. The molecule has 0 aliphatic carbocycles. The Morgan fingerprint density at radius 3 is 2.33 bits per heavy atom. The first-order chi connectivity index (χ1) is 6.79. The van der Waals surface area contributed by atoms with Crippen molar-refractivity contribution < 1.29 is 4.39 Å². The summed E-state index contributed by atoms with van der Waals surface area (Å²) in [5.41, 5.74) is 1.73. The van der Waals surface area contributed by atoms with Gasteiger partial charge >= 0.3 is 0 Å². The van der Waals surface area contributed by atoms with E-state index in [1.54, 1.807) is 13.0 Å². The van der Waals surface area contributed by atoms with Crippen LogP contribution in [0.15, 0.2) is 18.2 Å². The number of nitrogens with one attached hydrogen (secondary N) is 1. The van der Waals surface area contributed by atoms with Crippen molar-refractivity contribution in [2.75, 3.05) is 0 Å². The Kier molecular flexibility index (Phi) is 3.50. The molecule has 0 heterocycles. The molecule has 1 N–H and O–H groups in total. The SMILES string of the molecule is Cc1ccc([C@H](C)NC(C)(C)C)cc1F. The standard InChI is InChI=1S/C13H20FN/c1-9-6-7-11(8-12(9)14)10(2)15-13(3,4)5/h6-8,10,15H,1-5H3/t10-/m0/s1. The summed E-state index contributed by atoms with van der Waals surface area (Å²) in [6.07, 6.45) is 0. The number of rotatable bonds is 2. The second kappa shape index (κ2) is 4.31. The van der Waals surface area contributed by atoms with E-state index in [-0.39, 0.29) is 17.4 Å². The molecule has 0 aliphatic rings. The largest absolute Gasteiger partial charge is 0.306 e. The van der Waals surface area contributed by atoms with Crippen LogP contribution >= 0.6 is 0 Å². The third-order valence-corrected chi connectivity index (χ3v) is 2.35. The van der Waals surface area contributed by atoms with Gasteiger partial charge in [-0.25, -0.2) is 4.39 Å². The van der Waals surface area contributed by atoms with Crippen molar-refractivity contribution in [2.45, 2.75) is 46.2 Å². The predicted molar refractivity (Wildman–Crippen MR) is 62.4 cm³/mol. The summed E-state index contributed by atoms with van der Waals surface area (Å²) in [7, 11) is 0. The molecule has 15 heavy (non-hydrogen) atoms. The zero-order valence-corrected chi connectivity index (χ0v) is 10.2. The van der Waals surface area contributed by atoms with Crippen LogP contribution in [0.5, 0.6) is 0 Å². The van der Waals surface area contributed by atoms with Gasteiger partial charge in [-0.15, -0.1) is 0 Å². The Morgan fingerprint density at radius 2 is 1.87 bits per heavy atom. The number of hydrogen-bond donors (Lipinski definition) is 1. The average molecular weight is 209 g/mol. The van der Waals surface area contributed by atoms with Gasteiger partial charge in [0.2, 0.25) is 0 Å². The first-order valence-electron chi connectivity index (χ1n) is 5.33. The van der Waals surface area contributed by atoms with Gasteiger partial charge in [-0.3, -0.25) is 0 Å². The molecule has 0 aromatic heterocycles. The lowest BCUT2D eigenvalue weighted by molar-refractivity contribution is 0.377. The highest BCUT2D eigenvalue weighted by Gasteiger charge is 2.15. The van der Waals surface area contributed by atoms with Crippen LogP contribution in [0.2, 0.25) is 0 Å². The minimum atomic E-state index is -0.130. The van der Waals surface area contributed by atoms with E-state index in [1.165, 1.54) is 0 Å². The Labute approximate surface area is 91.7 Å². The van der Waals surface area contributed by atoms with Crippen LogP contribution in [0.3, 0.4) is 0 Å². The van der Waals surface area contributed by atoms with E-state index in [4.69, 9.17) is 0 Å². The molecule has 0 radical (unpaired) electrons. The second-order valence-electron chi connectivity index (χ2n) is 5.12. The lowest BCUT2D eigenvalue weighted by Gasteiger charge is -2.26. The van der Waals surface area contributed by atoms with Gasteiger partial charge in [0.25, 0.3) is 0 Å². The van der Waals surface area contributed by atoms with Gasteiger partial charge in [-0.1, -0.05) is 12.1 Å². The van der Waals surface area contributed by atoms with Gasteiger partial charge < -0.3 is 5.32 Å². The topological polar surface area (TPSA) is 12.0 Å². The molecule has 0 saturated carbocycles. The average Bonchev–Trinajstić information content (AvgIpc) is 2.06. The molecule has 0 aliphatic heterocycles. The highest BCUT2D eigenvalue weighted by atomic mass is 19.1. The molecular formula is C13H20FN. The summed E-state index contributed by atoms with van der Waals surface area (Å²) in [5, 5.41) is 3.42. The maximum atomic E-state index is 13.3. The van der Waals surface area contributed by atoms with Crippen molar-refractivity contribution in [3.63, 3.8) is 0 Å². The van der Waals surface area contributed by atoms with Gasteiger partial charge in [0.15, 0.2) is 0 Å². The first kappa shape index (κ1) is 12.2. The molecule has 0 saturated heterocycles. The van der Waals surface area contributed by atoms with Gasteiger partial charge in [-0.2, -0.15) is 0 Å². The summed E-state index contributed by atoms with van der Waals surface area (Å²) in [6, 6.07) is 5.58. The second-order valence-corrected chi connectivity index (χ2v) is 5.12. The van der Waals surface area contributed by atoms with Crippen molar-refractivity contribution in [3.05, 3.63) is 35.1 Å². The maximum absolute atomic E-state index is 13.3. The highest BCUT2D eigenvalue weighted by Crippen LogP contribution is 2.18. The molecular weight excluding hydrogens is 189 g/mol. The van der Waals surface area contributed by atoms with Crippen molar-refractivity contribution >= 4 is 0 Å². The highest BCUT2D eigenvalue weighted by molar-refractivity contribution is 5.25. The van der Waals surface area contributed by atoms with Gasteiger partial charge in [-0.05, 0) is 51.8 Å². The van der Waals surface area contributed by atoms with E-state index in [0.717, 1.165) is 5.56 Å². The number of benzene rings is 1. The number of hydrogen-bond acceptors (Lipinski definition) is 1. The normalized spacial score (nSPS) is 14.0. The van der Waals surface area contributed by atoms with Crippen LogP contribution in [0.25, 0.3) is 0 Å². The van der Waals surface area contributed by atoms with E-state index >= 15 is 0 Å². The lowest BCUT2D eigenvalue weighted by atomic mass is 10.0. The van der Waals surface area contributed by atoms with Crippen molar-refractivity contribution in [3.8, 4) is 0 Å². The molecule has 0 spiro atoms. The van der Waals surface area contributed by atoms with Gasteiger partial charge in [0.05, 0.1) is 0 Å². The Bertz CT molecular complexity index is 339. The smallest absolute Gasteiger partial charge is 0.126 e. The number of halogens is 1. The summed E-state index contributed by atoms with van der Waals surface area (Å²) < 4.78 is 13.3. The number of aryl methyl sites for hydroxylation is 1. The molecule has 0 unspecified atom stereocenters. The van der Waals surface area contributed by atoms with Crippen molar-refractivity contribution in [1.29, 1.82) is 0 Å². The van der Waals surface area contributed by atoms with Crippen molar-refractivity contribution in [1.82, 2.24) is 5.32 Å². The van der Waals surface area contributed by atoms with E-state index in [2.05, 4.69) is 33.0 Å². The molecule has 1 rings (SSSR count). The Morgan fingerprint density at radius 1 is 1.27 bits per heavy atom. The van der Waals surface area contributed by atoms with E-state index in [9.17, 15) is 4.39 Å². The fourth-order valence-electron chi connectivity index (χ4n) is 1.61. The zero-order valence-electron chi connectivity index (χ0n) is 10.2. The van der Waals surface area contributed by atoms with E-state index in [1.807, 2.05) is 12.1 Å². The predicted octanol–water partition coefficient (Wildman–Crippen LogP) is 3.58. The molecule has 1 aromatic carbocycles. The molecule has 1 nitrogen and oxygen atoms in total. The van der Waals surface area contributed by atoms with Crippen molar-refractivity contribution in [2.24, 2.45) is 0 Å². The van der Waals surface area contributed by atoms with Gasteiger partial charge in [0.1, 0.15) is 5.82 Å². The third-order valence-electron chi connectivity index (χ3n) is 2.35. The van der Waals surface area contributed by atoms with Crippen LogP contribution in [-0.4, -0.2) is 5.54 Å². The maximum Gasteiger partial charge on any atom is 0.126 e. The Hall–Kier alpha value is -0.890. The lowest BCUT2D eigenvalue weighted by Crippen LogP contribution is -2.37. The molecule has 1 aromatic rings. The van der Waals surface area contributed by atoms with Crippen LogP contribution in [0.1, 0.15) is 44.9 Å². The fourth-order valence-corrected chi connectivity index (χ4v) is 1.61. The molecule has 0 amide bonds. The molecule has 0 fully saturated rings. The van der Waals surface area contributed by atoms with Crippen LogP contribution in [0.4, 0.5) is 4.39 Å². The van der Waals surface area contributed by atoms with Crippen LogP contribution < -0.4 is 5.32 Å². The molecule has 1 atom stereocenters. The third kappa shape index (κ3) is 3.63. The summed E-state index contributed by atoms with van der Waals surface area (Å²) in [6.45, 7) is 10.1. The Balaban J connectivity index is 2.83. The minimum absolute atomic E-state index is 0.0424. The van der Waals surface area contributed by atoms with Crippen LogP contribution in [0, 0.1) is 12.7 Å². The molecule has 2 heteroatoms. The monoisotopic (exact) mass is 209 g/mol. The summed E-state index contributed by atoms with van der Waals surface area (Å²) in [4.78, 5) is 0. The summed E-state index contributed by atoms with van der Waals surface area (Å²) >= 11 is 0. The first-order valence-corrected chi connectivity index (χ1v) is 5.33. The zero-order chi connectivity index (χ0) is 11.6.